The molecule has 0 saturated carbocycles. The minimum Gasteiger partial charge on any atom is -0.491 e. The SMILES string of the molecule is CC(C)Oc1ccc(N2C[C@H](C(=O)NCc3ccccc3)CC2=O)cc1. The van der Waals surface area contributed by atoms with E-state index < -0.39 is 0 Å². The average Bonchev–Trinajstić information content (AvgIpc) is 3.02. The molecular weight excluding hydrogens is 328 g/mol. The van der Waals surface area contributed by atoms with Crippen LogP contribution in [0.3, 0.4) is 0 Å². The van der Waals surface area contributed by atoms with Crippen LogP contribution in [-0.2, 0) is 16.1 Å². The maximum absolute atomic E-state index is 12.4. The van der Waals surface area contributed by atoms with Crippen LogP contribution in [-0.4, -0.2) is 24.5 Å². The molecule has 0 spiro atoms. The minimum absolute atomic E-state index is 0.0256. The molecule has 1 heterocycles. The van der Waals surface area contributed by atoms with Crippen LogP contribution >= 0.6 is 0 Å². The van der Waals surface area contributed by atoms with Crippen LogP contribution in [0.5, 0.6) is 5.75 Å². The first kappa shape index (κ1) is 18.0. The Morgan fingerprint density at radius 3 is 2.50 bits per heavy atom. The molecule has 2 amide bonds. The zero-order valence-electron chi connectivity index (χ0n) is 15.1. The van der Waals surface area contributed by atoms with Gasteiger partial charge in [-0.2, -0.15) is 0 Å². The van der Waals surface area contributed by atoms with Crippen LogP contribution in [0, 0.1) is 5.92 Å². The van der Waals surface area contributed by atoms with Gasteiger partial charge in [0.2, 0.25) is 11.8 Å². The summed E-state index contributed by atoms with van der Waals surface area (Å²) in [5.74, 6) is 0.345. The molecule has 1 fully saturated rings. The van der Waals surface area contributed by atoms with Gasteiger partial charge >= 0.3 is 0 Å². The van der Waals surface area contributed by atoms with Crippen LogP contribution in [0.15, 0.2) is 54.6 Å². The Kier molecular flexibility index (Phi) is 5.56. The summed E-state index contributed by atoms with van der Waals surface area (Å²) in [5.41, 5.74) is 1.84. The number of anilines is 1. The lowest BCUT2D eigenvalue weighted by atomic mass is 10.1. The molecule has 136 valence electrons. The summed E-state index contributed by atoms with van der Waals surface area (Å²) in [6, 6.07) is 17.2. The van der Waals surface area contributed by atoms with E-state index in [4.69, 9.17) is 4.74 Å². The van der Waals surface area contributed by atoms with Gasteiger partial charge in [0, 0.05) is 25.2 Å². The number of nitrogens with zero attached hydrogens (tertiary/aromatic N) is 1. The second-order valence-corrected chi connectivity index (χ2v) is 6.77. The molecule has 1 atom stereocenters. The summed E-state index contributed by atoms with van der Waals surface area (Å²) in [7, 11) is 0. The van der Waals surface area contributed by atoms with E-state index in [-0.39, 0.29) is 30.3 Å². The van der Waals surface area contributed by atoms with Crippen LogP contribution in [0.2, 0.25) is 0 Å². The number of hydrogen-bond acceptors (Lipinski definition) is 3. The van der Waals surface area contributed by atoms with Gasteiger partial charge < -0.3 is 15.0 Å². The third kappa shape index (κ3) is 4.42. The molecular formula is C21H24N2O3. The molecule has 26 heavy (non-hydrogen) atoms. The number of carbonyl (C=O) groups excluding carboxylic acids is 2. The fourth-order valence-electron chi connectivity index (χ4n) is 3.04. The van der Waals surface area contributed by atoms with Crippen molar-refractivity contribution in [3.05, 3.63) is 60.2 Å². The lowest BCUT2D eigenvalue weighted by molar-refractivity contribution is -0.126. The molecule has 1 aliphatic rings. The molecule has 1 saturated heterocycles. The second kappa shape index (κ2) is 8.04. The van der Waals surface area contributed by atoms with E-state index in [0.29, 0.717) is 13.1 Å². The summed E-state index contributed by atoms with van der Waals surface area (Å²) in [5, 5.41) is 2.93. The van der Waals surface area contributed by atoms with E-state index in [0.717, 1.165) is 17.0 Å². The molecule has 5 heteroatoms. The number of hydrogen-bond donors (Lipinski definition) is 1. The molecule has 5 nitrogen and oxygen atoms in total. The summed E-state index contributed by atoms with van der Waals surface area (Å²) < 4.78 is 5.62. The van der Waals surface area contributed by atoms with Crippen molar-refractivity contribution in [3.63, 3.8) is 0 Å². The number of rotatable bonds is 6. The molecule has 1 aliphatic heterocycles. The Balaban J connectivity index is 1.58. The van der Waals surface area contributed by atoms with Gasteiger partial charge in [0.1, 0.15) is 5.75 Å². The van der Waals surface area contributed by atoms with Crippen molar-refractivity contribution in [2.75, 3.05) is 11.4 Å². The van der Waals surface area contributed by atoms with Gasteiger partial charge in [-0.25, -0.2) is 0 Å². The fourth-order valence-corrected chi connectivity index (χ4v) is 3.04. The molecule has 0 aliphatic carbocycles. The zero-order chi connectivity index (χ0) is 18.5. The highest BCUT2D eigenvalue weighted by atomic mass is 16.5. The van der Waals surface area contributed by atoms with Crippen molar-refractivity contribution in [1.29, 1.82) is 0 Å². The predicted molar refractivity (Wildman–Crippen MR) is 101 cm³/mol. The quantitative estimate of drug-likeness (QED) is 0.869. The predicted octanol–water partition coefficient (Wildman–Crippen LogP) is 3.14. The van der Waals surface area contributed by atoms with Gasteiger partial charge in [-0.3, -0.25) is 9.59 Å². The van der Waals surface area contributed by atoms with Crippen molar-refractivity contribution in [2.24, 2.45) is 5.92 Å². The van der Waals surface area contributed by atoms with Crippen molar-refractivity contribution >= 4 is 17.5 Å². The zero-order valence-corrected chi connectivity index (χ0v) is 15.1. The van der Waals surface area contributed by atoms with Crippen molar-refractivity contribution in [1.82, 2.24) is 5.32 Å². The Morgan fingerprint density at radius 2 is 1.85 bits per heavy atom. The summed E-state index contributed by atoms with van der Waals surface area (Å²) in [6.07, 6.45) is 0.345. The van der Waals surface area contributed by atoms with Crippen molar-refractivity contribution < 1.29 is 14.3 Å². The summed E-state index contributed by atoms with van der Waals surface area (Å²) in [6.45, 7) is 4.82. The van der Waals surface area contributed by atoms with E-state index in [1.807, 2.05) is 68.4 Å². The van der Waals surface area contributed by atoms with Crippen LogP contribution in [0.25, 0.3) is 0 Å². The lowest BCUT2D eigenvalue weighted by Gasteiger charge is -2.18. The van der Waals surface area contributed by atoms with Gasteiger partial charge in [-0.15, -0.1) is 0 Å². The van der Waals surface area contributed by atoms with E-state index in [2.05, 4.69) is 5.32 Å². The smallest absolute Gasteiger partial charge is 0.227 e. The third-order valence-corrected chi connectivity index (χ3v) is 4.33. The molecule has 1 N–H and O–H groups in total. The van der Waals surface area contributed by atoms with E-state index in [9.17, 15) is 9.59 Å². The number of ether oxygens (including phenoxy) is 1. The highest BCUT2D eigenvalue weighted by Gasteiger charge is 2.34. The second-order valence-electron chi connectivity index (χ2n) is 6.77. The molecule has 3 rings (SSSR count). The van der Waals surface area contributed by atoms with Gasteiger partial charge in [0.15, 0.2) is 0 Å². The number of benzene rings is 2. The largest absolute Gasteiger partial charge is 0.491 e. The molecule has 2 aromatic rings. The first-order valence-electron chi connectivity index (χ1n) is 8.91. The summed E-state index contributed by atoms with van der Waals surface area (Å²) in [4.78, 5) is 26.4. The van der Waals surface area contributed by atoms with E-state index >= 15 is 0 Å². The minimum atomic E-state index is -0.321. The molecule has 0 bridgehead atoms. The Bertz CT molecular complexity index is 757. The summed E-state index contributed by atoms with van der Waals surface area (Å²) >= 11 is 0. The number of nitrogens with one attached hydrogen (secondary N) is 1. The maximum atomic E-state index is 12.4. The fraction of sp³-hybridized carbons (Fsp3) is 0.333. The lowest BCUT2D eigenvalue weighted by Crippen LogP contribution is -2.32. The Labute approximate surface area is 154 Å². The van der Waals surface area contributed by atoms with Crippen molar-refractivity contribution in [2.45, 2.75) is 32.9 Å². The van der Waals surface area contributed by atoms with Crippen LogP contribution in [0.1, 0.15) is 25.8 Å². The van der Waals surface area contributed by atoms with Crippen LogP contribution < -0.4 is 15.0 Å². The van der Waals surface area contributed by atoms with Gasteiger partial charge in [-0.05, 0) is 43.7 Å². The topological polar surface area (TPSA) is 58.6 Å². The molecule has 0 unspecified atom stereocenters. The highest BCUT2D eigenvalue weighted by molar-refractivity contribution is 6.00. The number of amides is 2. The first-order chi connectivity index (χ1) is 12.5. The maximum Gasteiger partial charge on any atom is 0.227 e. The number of carbonyl (C=O) groups is 2. The molecule has 0 aromatic heterocycles. The monoisotopic (exact) mass is 352 g/mol. The molecule has 0 radical (unpaired) electrons. The van der Waals surface area contributed by atoms with E-state index in [1.54, 1.807) is 4.90 Å². The highest BCUT2D eigenvalue weighted by Crippen LogP contribution is 2.27. The standard InChI is InChI=1S/C21H24N2O3/c1-15(2)26-19-10-8-18(9-11-19)23-14-17(12-20(23)24)21(25)22-13-16-6-4-3-5-7-16/h3-11,15,17H,12-14H2,1-2H3,(H,22,25)/t17-/m1/s1. The van der Waals surface area contributed by atoms with E-state index in [1.165, 1.54) is 0 Å². The molecule has 2 aromatic carbocycles. The van der Waals surface area contributed by atoms with Crippen molar-refractivity contribution in [3.8, 4) is 5.75 Å². The van der Waals surface area contributed by atoms with Gasteiger partial charge in [0.05, 0.1) is 12.0 Å². The van der Waals surface area contributed by atoms with Gasteiger partial charge in [-0.1, -0.05) is 30.3 Å². The third-order valence-electron chi connectivity index (χ3n) is 4.33. The first-order valence-corrected chi connectivity index (χ1v) is 8.91. The van der Waals surface area contributed by atoms with Crippen LogP contribution in [0.4, 0.5) is 5.69 Å². The average molecular weight is 352 g/mol. The normalized spacial score (nSPS) is 16.8. The Morgan fingerprint density at radius 1 is 1.15 bits per heavy atom. The Hall–Kier alpha value is -2.82. The van der Waals surface area contributed by atoms with Gasteiger partial charge in [0.25, 0.3) is 0 Å².